The minimum absolute atomic E-state index is 0.106. The maximum Gasteiger partial charge on any atom is 0.356 e. The predicted molar refractivity (Wildman–Crippen MR) is 207 cm³/mol. The van der Waals surface area contributed by atoms with E-state index in [0.717, 1.165) is 51.3 Å². The van der Waals surface area contributed by atoms with E-state index in [1.54, 1.807) is 30.3 Å². The number of esters is 1. The number of hydrogen-bond donors (Lipinski definition) is 1. The number of amides is 1. The van der Waals surface area contributed by atoms with Crippen LogP contribution in [0.15, 0.2) is 91.1 Å². The van der Waals surface area contributed by atoms with Crippen molar-refractivity contribution in [2.24, 2.45) is 5.92 Å². The van der Waals surface area contributed by atoms with Crippen LogP contribution in [0.3, 0.4) is 0 Å². The molecule has 0 bridgehead atoms. The topological polar surface area (TPSA) is 121 Å². The van der Waals surface area contributed by atoms with Crippen LogP contribution in [-0.4, -0.2) is 87.5 Å². The fourth-order valence-corrected chi connectivity index (χ4v) is 7.95. The summed E-state index contributed by atoms with van der Waals surface area (Å²) in [6, 6.07) is 25.7. The van der Waals surface area contributed by atoms with E-state index >= 15 is 0 Å². The first-order valence-electron chi connectivity index (χ1n) is 18.4. The summed E-state index contributed by atoms with van der Waals surface area (Å²) >= 11 is 0. The van der Waals surface area contributed by atoms with Gasteiger partial charge in [0.2, 0.25) is 10.0 Å². The molecule has 3 aromatic carbocycles. The molecule has 280 valence electrons. The second-order valence-electron chi connectivity index (χ2n) is 14.1. The molecule has 0 atom stereocenters. The highest BCUT2D eigenvalue weighted by Crippen LogP contribution is 2.33. The molecule has 0 spiro atoms. The van der Waals surface area contributed by atoms with Gasteiger partial charge in [0.1, 0.15) is 17.2 Å². The van der Waals surface area contributed by atoms with Crippen LogP contribution in [0.4, 0.5) is 11.4 Å². The first kappa shape index (κ1) is 37.8. The van der Waals surface area contributed by atoms with E-state index in [4.69, 9.17) is 9.47 Å². The normalized spacial score (nSPS) is 15.7. The van der Waals surface area contributed by atoms with Crippen LogP contribution in [0, 0.1) is 5.92 Å². The van der Waals surface area contributed by atoms with E-state index in [9.17, 15) is 18.0 Å². The van der Waals surface area contributed by atoms with Crippen LogP contribution in [0.1, 0.15) is 71.5 Å². The molecule has 1 aromatic heterocycles. The highest BCUT2D eigenvalue weighted by molar-refractivity contribution is 7.91. The molecule has 2 fully saturated rings. The molecule has 2 saturated heterocycles. The maximum absolute atomic E-state index is 13.8. The van der Waals surface area contributed by atoms with Crippen molar-refractivity contribution in [1.29, 1.82) is 0 Å². The molecular weight excluding hydrogens is 691 g/mol. The lowest BCUT2D eigenvalue weighted by atomic mass is 9.89. The number of carbonyl (C=O) groups is 2. The summed E-state index contributed by atoms with van der Waals surface area (Å²) in [5, 5.41) is 0. The van der Waals surface area contributed by atoms with E-state index in [2.05, 4.69) is 38.6 Å². The van der Waals surface area contributed by atoms with Gasteiger partial charge in [-0.15, -0.1) is 0 Å². The monoisotopic (exact) mass is 739 g/mol. The van der Waals surface area contributed by atoms with Gasteiger partial charge in [0.05, 0.1) is 29.9 Å². The Morgan fingerprint density at radius 2 is 1.57 bits per heavy atom. The SMILES string of the molecule is CCN1CCN(c2ccc(C(=O)N3CCC(c4ccc(Oc5ccc(C(=O)OCC(C)C)nc5)cc4)CC3)cc2NS(=O)(=O)Cc2ccccc2)CC1. The number of sulfonamides is 1. The molecule has 53 heavy (non-hydrogen) atoms. The molecule has 11 nitrogen and oxygen atoms in total. The summed E-state index contributed by atoms with van der Waals surface area (Å²) in [5.74, 6) is 0.992. The molecule has 0 saturated carbocycles. The van der Waals surface area contributed by atoms with Gasteiger partial charge in [-0.2, -0.15) is 0 Å². The Kier molecular flexibility index (Phi) is 12.3. The van der Waals surface area contributed by atoms with Crippen LogP contribution >= 0.6 is 0 Å². The van der Waals surface area contributed by atoms with Crippen molar-refractivity contribution in [3.8, 4) is 11.5 Å². The fraction of sp³-hybridized carbons (Fsp3) is 0.390. The number of aromatic nitrogens is 1. The van der Waals surface area contributed by atoms with Gasteiger partial charge in [-0.1, -0.05) is 63.2 Å². The first-order chi connectivity index (χ1) is 25.6. The van der Waals surface area contributed by atoms with Crippen molar-refractivity contribution < 1.29 is 27.5 Å². The minimum Gasteiger partial charge on any atom is -0.461 e. The lowest BCUT2D eigenvalue weighted by Crippen LogP contribution is -2.46. The second kappa shape index (κ2) is 17.3. The number of ether oxygens (including phenoxy) is 2. The summed E-state index contributed by atoms with van der Waals surface area (Å²) in [7, 11) is -3.74. The molecular formula is C41H49N5O6S. The first-order valence-corrected chi connectivity index (χ1v) is 20.1. The van der Waals surface area contributed by atoms with Crippen molar-refractivity contribution >= 4 is 33.3 Å². The summed E-state index contributed by atoms with van der Waals surface area (Å²) in [6.07, 6.45) is 3.12. The Labute approximate surface area is 313 Å². The number of likely N-dealkylation sites (tertiary alicyclic amines) is 1. The molecule has 4 aromatic rings. The highest BCUT2D eigenvalue weighted by Gasteiger charge is 2.27. The molecule has 2 aliphatic rings. The van der Waals surface area contributed by atoms with Gasteiger partial charge in [0.25, 0.3) is 5.91 Å². The average molecular weight is 740 g/mol. The molecule has 0 radical (unpaired) electrons. The third kappa shape index (κ3) is 10.1. The third-order valence-corrected chi connectivity index (χ3v) is 11.0. The van der Waals surface area contributed by atoms with E-state index in [0.29, 0.717) is 48.0 Å². The number of nitrogens with zero attached hydrogens (tertiary/aromatic N) is 4. The van der Waals surface area contributed by atoms with Crippen molar-refractivity contribution in [2.75, 3.05) is 62.0 Å². The van der Waals surface area contributed by atoms with Crippen LogP contribution in [0.25, 0.3) is 0 Å². The summed E-state index contributed by atoms with van der Waals surface area (Å²) < 4.78 is 40.8. The molecule has 1 N–H and O–H groups in total. The summed E-state index contributed by atoms with van der Waals surface area (Å²) in [6.45, 7) is 11.9. The molecule has 0 unspecified atom stereocenters. The largest absolute Gasteiger partial charge is 0.461 e. The quantitative estimate of drug-likeness (QED) is 0.148. The van der Waals surface area contributed by atoms with Gasteiger partial charge < -0.3 is 24.2 Å². The number of likely N-dealkylation sites (N-methyl/N-ethyl adjacent to an activating group) is 1. The standard InChI is InChI=1S/C41H49N5O6S/c1-4-44-22-24-45(25-23-44)39-17-12-34(26-38(39)43-53(49,50)29-31-8-6-5-7-9-31)40(47)46-20-18-33(19-21-46)32-10-13-35(14-11-32)52-36-15-16-37(42-27-36)41(48)51-28-30(2)3/h5-17,26-27,30,33,43H,4,18-25,28-29H2,1-3H3. The molecule has 12 heteroatoms. The van der Waals surface area contributed by atoms with E-state index in [1.807, 2.05) is 61.2 Å². The molecule has 6 rings (SSSR count). The zero-order valence-corrected chi connectivity index (χ0v) is 31.6. The zero-order valence-electron chi connectivity index (χ0n) is 30.7. The van der Waals surface area contributed by atoms with E-state index in [1.165, 1.54) is 11.8 Å². The second-order valence-corrected chi connectivity index (χ2v) is 15.8. The van der Waals surface area contributed by atoms with Crippen LogP contribution in [-0.2, 0) is 20.5 Å². The maximum atomic E-state index is 13.8. The summed E-state index contributed by atoms with van der Waals surface area (Å²) in [4.78, 5) is 36.6. The minimum atomic E-state index is -3.74. The molecule has 2 aliphatic heterocycles. The number of piperazine rings is 1. The highest BCUT2D eigenvalue weighted by atomic mass is 32.2. The lowest BCUT2D eigenvalue weighted by molar-refractivity contribution is 0.0451. The Morgan fingerprint density at radius 3 is 2.21 bits per heavy atom. The Balaban J connectivity index is 1.08. The molecule has 1 amide bonds. The predicted octanol–water partition coefficient (Wildman–Crippen LogP) is 6.79. The lowest BCUT2D eigenvalue weighted by Gasteiger charge is -2.36. The zero-order chi connectivity index (χ0) is 37.4. The third-order valence-electron chi connectivity index (χ3n) is 9.73. The van der Waals surface area contributed by atoms with Crippen molar-refractivity contribution in [3.63, 3.8) is 0 Å². The number of rotatable bonds is 13. The van der Waals surface area contributed by atoms with Gasteiger partial charge in [-0.3, -0.25) is 9.52 Å². The van der Waals surface area contributed by atoms with Crippen LogP contribution in [0.5, 0.6) is 11.5 Å². The van der Waals surface area contributed by atoms with Gasteiger partial charge in [-0.25, -0.2) is 18.2 Å². The van der Waals surface area contributed by atoms with Crippen molar-refractivity contribution in [3.05, 3.63) is 114 Å². The Bertz CT molecular complexity index is 1940. The summed E-state index contributed by atoms with van der Waals surface area (Å²) in [5.41, 5.74) is 3.79. The Morgan fingerprint density at radius 1 is 0.868 bits per heavy atom. The van der Waals surface area contributed by atoms with E-state index < -0.39 is 16.0 Å². The van der Waals surface area contributed by atoms with Gasteiger partial charge in [0, 0.05) is 44.8 Å². The number of anilines is 2. The average Bonchev–Trinajstić information content (AvgIpc) is 3.17. The smallest absolute Gasteiger partial charge is 0.356 e. The van der Waals surface area contributed by atoms with Crippen LogP contribution in [0.2, 0.25) is 0 Å². The number of nitrogens with one attached hydrogen (secondary N) is 1. The Hall–Kier alpha value is -4.94. The van der Waals surface area contributed by atoms with Crippen molar-refractivity contribution in [1.82, 2.24) is 14.8 Å². The van der Waals surface area contributed by atoms with Gasteiger partial charge >= 0.3 is 5.97 Å². The number of pyridine rings is 1. The number of carbonyl (C=O) groups excluding carboxylic acids is 2. The van der Waals surface area contributed by atoms with Gasteiger partial charge in [-0.05, 0) is 84.8 Å². The van der Waals surface area contributed by atoms with Gasteiger partial charge in [0.15, 0.2) is 0 Å². The molecule has 0 aliphatic carbocycles. The fourth-order valence-electron chi connectivity index (χ4n) is 6.75. The van der Waals surface area contributed by atoms with E-state index in [-0.39, 0.29) is 29.2 Å². The number of benzene rings is 3. The van der Waals surface area contributed by atoms with Crippen LogP contribution < -0.4 is 14.4 Å². The number of hydrogen-bond acceptors (Lipinski definition) is 9. The van der Waals surface area contributed by atoms with Crippen molar-refractivity contribution in [2.45, 2.75) is 45.3 Å². The molecule has 3 heterocycles. The number of piperidine rings is 1.